The van der Waals surface area contributed by atoms with Crippen LogP contribution >= 0.6 is 19.8 Å². The number of hydrogen-bond acceptors (Lipinski definition) is 10. The Kier molecular flexibility index (Phi) is 8.89. The maximum absolute atomic E-state index is 15.6. The highest BCUT2D eigenvalue weighted by Gasteiger charge is 2.55. The number of esters is 1. The highest BCUT2D eigenvalue weighted by atomic mass is 32.1. The van der Waals surface area contributed by atoms with E-state index in [9.17, 15) is 14.5 Å². The molecule has 2 unspecified atom stereocenters. The number of aliphatic hydroxyl groups is 1. The second-order valence-electron chi connectivity index (χ2n) is 9.05. The first-order valence-electron chi connectivity index (χ1n) is 11.4. The number of aromatic nitrogens is 2. The molecule has 0 radical (unpaired) electrons. The van der Waals surface area contributed by atoms with Gasteiger partial charge in [-0.1, -0.05) is 25.1 Å². The van der Waals surface area contributed by atoms with Crippen LogP contribution in [0.15, 0.2) is 42.6 Å². The Morgan fingerprint density at radius 2 is 2.00 bits per heavy atom. The number of hydrogen-bond donors (Lipinski definition) is 2. The molecule has 0 aliphatic carbocycles. The van der Waals surface area contributed by atoms with E-state index < -0.39 is 50.2 Å². The summed E-state index contributed by atoms with van der Waals surface area (Å²) in [5.74, 6) is -0.982. The number of nitrogen functional groups attached to an aromatic ring is 1. The third-order valence-electron chi connectivity index (χ3n) is 5.50. The van der Waals surface area contributed by atoms with Crippen molar-refractivity contribution < 1.29 is 37.4 Å². The molecule has 2 aromatic rings. The van der Waals surface area contributed by atoms with Crippen molar-refractivity contribution in [2.75, 3.05) is 18.5 Å². The number of rotatable bonds is 10. The lowest BCUT2D eigenvalue weighted by Gasteiger charge is -2.25. The number of carbonyl (C=O) groups is 1. The molecule has 0 spiro atoms. The highest BCUT2D eigenvalue weighted by Crippen LogP contribution is 2.51. The largest absolute Gasteiger partial charge is 0.463 e. The Morgan fingerprint density at radius 1 is 1.33 bits per heavy atom. The Labute approximate surface area is 214 Å². The molecule has 198 valence electrons. The number of alkyl halides is 1. The van der Waals surface area contributed by atoms with Gasteiger partial charge in [-0.15, -0.1) is 0 Å². The summed E-state index contributed by atoms with van der Waals surface area (Å²) in [7, 11) is -3.99. The van der Waals surface area contributed by atoms with Crippen LogP contribution in [0.5, 0.6) is 5.75 Å². The van der Waals surface area contributed by atoms with Gasteiger partial charge in [0.25, 0.3) is 0 Å². The molecule has 1 saturated heterocycles. The van der Waals surface area contributed by atoms with Gasteiger partial charge in [0.1, 0.15) is 23.8 Å². The molecule has 0 amide bonds. The zero-order chi connectivity index (χ0) is 26.7. The van der Waals surface area contributed by atoms with Crippen LogP contribution in [0, 0.1) is 10.7 Å². The zero-order valence-corrected chi connectivity index (χ0v) is 22.2. The van der Waals surface area contributed by atoms with E-state index in [-0.39, 0.29) is 28.6 Å². The maximum atomic E-state index is 15.6. The second kappa shape index (κ2) is 11.4. The maximum Gasteiger partial charge on any atom is 0.380 e. The Morgan fingerprint density at radius 3 is 2.61 bits per heavy atom. The second-order valence-corrected chi connectivity index (χ2v) is 11.4. The first-order valence-corrected chi connectivity index (χ1v) is 13.5. The van der Waals surface area contributed by atoms with Crippen LogP contribution in [0.25, 0.3) is 0 Å². The lowest BCUT2D eigenvalue weighted by Crippen LogP contribution is -2.41. The molecule has 6 atom stereocenters. The van der Waals surface area contributed by atoms with Gasteiger partial charge in [0.15, 0.2) is 11.9 Å². The molecule has 13 heteroatoms. The normalized spacial score (nSPS) is 26.4. The minimum atomic E-state index is -3.99. The SMILES string of the molecule is CC(C)OC(=O)[C@H](C)CP(=O)(OC[C@H]1O[C@@H](n2ccc(N)nc2=S)C(C)(F)[C@H]1O)Oc1ccccc1. The van der Waals surface area contributed by atoms with E-state index in [1.807, 2.05) is 0 Å². The van der Waals surface area contributed by atoms with E-state index in [0.29, 0.717) is 0 Å². The van der Waals surface area contributed by atoms with Gasteiger partial charge in [0, 0.05) is 6.20 Å². The number of aliphatic hydroxyl groups excluding tert-OH is 1. The van der Waals surface area contributed by atoms with Crippen LogP contribution in [0.2, 0.25) is 0 Å². The van der Waals surface area contributed by atoms with E-state index in [1.165, 1.54) is 16.8 Å². The number of nitrogens with two attached hydrogens (primary N) is 1. The van der Waals surface area contributed by atoms with Crippen LogP contribution in [-0.4, -0.2) is 57.4 Å². The van der Waals surface area contributed by atoms with Gasteiger partial charge in [-0.2, -0.15) is 0 Å². The van der Waals surface area contributed by atoms with E-state index in [2.05, 4.69) is 4.98 Å². The van der Waals surface area contributed by atoms with E-state index >= 15 is 4.39 Å². The molecule has 1 fully saturated rings. The van der Waals surface area contributed by atoms with Crippen molar-refractivity contribution in [3.63, 3.8) is 0 Å². The Bertz CT molecular complexity index is 1160. The first kappa shape index (κ1) is 28.2. The third-order valence-corrected chi connectivity index (χ3v) is 7.82. The van der Waals surface area contributed by atoms with Crippen molar-refractivity contribution in [1.29, 1.82) is 0 Å². The average Bonchev–Trinajstić information content (AvgIpc) is 3.01. The van der Waals surface area contributed by atoms with Gasteiger partial charge < -0.3 is 24.8 Å². The van der Waals surface area contributed by atoms with Crippen molar-refractivity contribution in [3.05, 3.63) is 47.4 Å². The van der Waals surface area contributed by atoms with E-state index in [1.54, 1.807) is 51.1 Å². The Balaban J connectivity index is 1.79. The van der Waals surface area contributed by atoms with Gasteiger partial charge >= 0.3 is 13.6 Å². The zero-order valence-electron chi connectivity index (χ0n) is 20.4. The van der Waals surface area contributed by atoms with Gasteiger partial charge in [0.05, 0.1) is 24.8 Å². The lowest BCUT2D eigenvalue weighted by molar-refractivity contribution is -0.151. The molecule has 36 heavy (non-hydrogen) atoms. The molecule has 10 nitrogen and oxygen atoms in total. The molecule has 3 N–H and O–H groups in total. The summed E-state index contributed by atoms with van der Waals surface area (Å²) >= 11 is 5.16. The van der Waals surface area contributed by atoms with Crippen LogP contribution in [0.1, 0.15) is 33.9 Å². The van der Waals surface area contributed by atoms with Crippen LogP contribution < -0.4 is 10.3 Å². The number of carbonyl (C=O) groups excluding carboxylic acids is 1. The van der Waals surface area contributed by atoms with Crippen LogP contribution in [0.4, 0.5) is 10.2 Å². The fourth-order valence-corrected chi connectivity index (χ4v) is 5.79. The summed E-state index contributed by atoms with van der Waals surface area (Å²) in [6.45, 7) is 5.62. The molecule has 1 aliphatic heterocycles. The summed E-state index contributed by atoms with van der Waals surface area (Å²) in [4.78, 5) is 16.3. The van der Waals surface area contributed by atoms with Crippen molar-refractivity contribution in [3.8, 4) is 5.75 Å². The predicted octanol–water partition coefficient (Wildman–Crippen LogP) is 4.06. The van der Waals surface area contributed by atoms with Crippen molar-refractivity contribution in [2.45, 2.75) is 57.9 Å². The number of halogens is 1. The summed E-state index contributed by atoms with van der Waals surface area (Å²) in [5, 5.41) is 10.7. The summed E-state index contributed by atoms with van der Waals surface area (Å²) < 4.78 is 52.7. The molecule has 2 heterocycles. The number of anilines is 1. The average molecular weight is 544 g/mol. The molecular formula is C23H31FN3O7PS. The molecule has 3 rings (SSSR count). The van der Waals surface area contributed by atoms with Gasteiger partial charge in [-0.25, -0.2) is 13.9 Å². The Hall–Kier alpha value is -2.37. The van der Waals surface area contributed by atoms with Crippen molar-refractivity contribution in [1.82, 2.24) is 9.55 Å². The van der Waals surface area contributed by atoms with Gasteiger partial charge in [0.2, 0.25) is 4.77 Å². The minimum absolute atomic E-state index is 0.0341. The lowest BCUT2D eigenvalue weighted by atomic mass is 9.98. The molecular weight excluding hydrogens is 512 g/mol. The number of benzene rings is 1. The van der Waals surface area contributed by atoms with Crippen LogP contribution in [0.3, 0.4) is 0 Å². The fraction of sp³-hybridized carbons (Fsp3) is 0.522. The molecule has 1 aliphatic rings. The number of ether oxygens (including phenoxy) is 2. The van der Waals surface area contributed by atoms with Gasteiger partial charge in [-0.05, 0) is 51.2 Å². The minimum Gasteiger partial charge on any atom is -0.463 e. The van der Waals surface area contributed by atoms with E-state index in [4.69, 9.17) is 36.5 Å². The quantitative estimate of drug-likeness (QED) is 0.257. The molecule has 0 bridgehead atoms. The smallest absolute Gasteiger partial charge is 0.380 e. The first-order chi connectivity index (χ1) is 16.8. The standard InChI is InChI=1S/C23H31FN3O7PS/c1-14(2)32-20(29)15(3)13-35(30,34-16-8-6-5-7-9-16)31-12-17-19(28)23(4,24)21(33-17)27-11-10-18(25)26-22(27)36/h5-11,14-15,17,19,21,28H,12-13H2,1-4H3,(H2,25,26,36)/t15-,17-,19+,21-,23?,35?/m1/s1. The summed E-state index contributed by atoms with van der Waals surface area (Å²) in [5.41, 5.74) is 3.33. The van der Waals surface area contributed by atoms with Crippen molar-refractivity contribution in [2.24, 2.45) is 5.92 Å². The number of nitrogens with zero attached hydrogens (tertiary/aromatic N) is 2. The fourth-order valence-electron chi connectivity index (χ4n) is 3.66. The topological polar surface area (TPSA) is 135 Å². The van der Waals surface area contributed by atoms with Gasteiger partial charge in [-0.3, -0.25) is 13.9 Å². The highest BCUT2D eigenvalue weighted by molar-refractivity contribution is 7.71. The van der Waals surface area contributed by atoms with Crippen molar-refractivity contribution >= 4 is 31.6 Å². The summed E-state index contributed by atoms with van der Waals surface area (Å²) in [6.07, 6.45) is -3.47. The molecule has 1 aromatic heterocycles. The third kappa shape index (κ3) is 6.68. The predicted molar refractivity (Wildman–Crippen MR) is 133 cm³/mol. The molecule has 0 saturated carbocycles. The van der Waals surface area contributed by atoms with Crippen LogP contribution in [-0.2, 0) is 23.4 Å². The monoisotopic (exact) mass is 543 g/mol. The number of para-hydroxylation sites is 1. The molecule has 1 aromatic carbocycles. The summed E-state index contributed by atoms with van der Waals surface area (Å²) in [6, 6.07) is 9.71. The van der Waals surface area contributed by atoms with E-state index in [0.717, 1.165) is 6.92 Å².